The van der Waals surface area contributed by atoms with Crippen LogP contribution in [0, 0.1) is 37.6 Å². The van der Waals surface area contributed by atoms with Crippen LogP contribution in [0.4, 0.5) is 5.69 Å². The van der Waals surface area contributed by atoms with E-state index in [9.17, 15) is 0 Å². The van der Waals surface area contributed by atoms with E-state index in [-0.39, 0.29) is 19.5 Å². The molecule has 0 N–H and O–H groups in total. The summed E-state index contributed by atoms with van der Waals surface area (Å²) in [6.45, 7) is 2.07. The quantitative estimate of drug-likeness (QED) is 0.256. The normalized spacial score (nSPS) is 9.32. The monoisotopic (exact) mass is 434 g/mol. The topological polar surface area (TPSA) is 158 Å². The molecule has 0 saturated carbocycles. The van der Waals surface area contributed by atoms with E-state index in [0.717, 1.165) is 22.3 Å². The van der Waals surface area contributed by atoms with Gasteiger partial charge in [-0.1, -0.05) is 42.0 Å². The maximum absolute atomic E-state index is 8.25. The van der Waals surface area contributed by atoms with Gasteiger partial charge in [0.15, 0.2) is 0 Å². The van der Waals surface area contributed by atoms with Gasteiger partial charge in [0.1, 0.15) is 0 Å². The first kappa shape index (κ1) is 24.5. The molecule has 3 aromatic rings. The fourth-order valence-corrected chi connectivity index (χ4v) is 1.93. The standard InChI is InChI=1S/C17H14N2.2NO3.Zn/c1-13-6-9-15(10-7-13)18-12-16-11-8-14-4-2-3-5-17(14)19-16;2*2-1(3)4;/h2-12H,1H3;;;/q;2*-1;+2. The smallest absolute Gasteiger partial charge is 0.356 e. The number of aliphatic imine (C=N–C) groups is 1. The van der Waals surface area contributed by atoms with Crippen LogP contribution >= 0.6 is 0 Å². The number of nitrogens with zero attached hydrogens (tertiary/aromatic N) is 4. The third kappa shape index (κ3) is 10.5. The minimum absolute atomic E-state index is 0. The van der Waals surface area contributed by atoms with Crippen LogP contribution in [0.15, 0.2) is 65.7 Å². The van der Waals surface area contributed by atoms with Crippen molar-refractivity contribution in [3.05, 3.63) is 103 Å². The van der Waals surface area contributed by atoms with Crippen molar-refractivity contribution in [2.24, 2.45) is 4.99 Å². The Kier molecular flexibility index (Phi) is 11.2. The Bertz CT molecular complexity index is 914. The fraction of sp³-hybridized carbons (Fsp3) is 0.0588. The van der Waals surface area contributed by atoms with Crippen molar-refractivity contribution < 1.29 is 29.7 Å². The zero-order valence-corrected chi connectivity index (χ0v) is 17.8. The van der Waals surface area contributed by atoms with Crippen molar-refractivity contribution in [2.75, 3.05) is 0 Å². The number of pyridine rings is 1. The molecular formula is C17H14N4O6Zn. The summed E-state index contributed by atoms with van der Waals surface area (Å²) in [6.07, 6.45) is 1.80. The molecule has 0 unspecified atom stereocenters. The van der Waals surface area contributed by atoms with Crippen LogP contribution in [0.25, 0.3) is 10.9 Å². The van der Waals surface area contributed by atoms with Crippen molar-refractivity contribution in [3.8, 4) is 0 Å². The Hall–Kier alpha value is -3.46. The Labute approximate surface area is 172 Å². The zero-order valence-electron chi connectivity index (χ0n) is 14.8. The van der Waals surface area contributed by atoms with Gasteiger partial charge in [0.25, 0.3) is 0 Å². The van der Waals surface area contributed by atoms with E-state index in [1.807, 2.05) is 36.4 Å². The number of benzene rings is 2. The summed E-state index contributed by atoms with van der Waals surface area (Å²) in [5.41, 5.74) is 4.05. The first-order chi connectivity index (χ1) is 12.8. The summed E-state index contributed by atoms with van der Waals surface area (Å²) in [5.74, 6) is 0. The van der Waals surface area contributed by atoms with Gasteiger partial charge in [-0.3, -0.25) is 4.99 Å². The predicted molar refractivity (Wildman–Crippen MR) is 101 cm³/mol. The maximum Gasteiger partial charge on any atom is 2.00 e. The Morgan fingerprint density at radius 3 is 1.96 bits per heavy atom. The van der Waals surface area contributed by atoms with E-state index in [1.165, 1.54) is 5.56 Å². The van der Waals surface area contributed by atoms with Gasteiger partial charge >= 0.3 is 19.5 Å². The summed E-state index contributed by atoms with van der Waals surface area (Å²) in [4.78, 5) is 25.5. The van der Waals surface area contributed by atoms with Crippen LogP contribution in [-0.4, -0.2) is 21.4 Å². The molecule has 0 saturated heterocycles. The second kappa shape index (κ2) is 12.8. The van der Waals surface area contributed by atoms with Crippen LogP contribution in [0.1, 0.15) is 11.3 Å². The maximum atomic E-state index is 8.25. The van der Waals surface area contributed by atoms with E-state index < -0.39 is 10.2 Å². The van der Waals surface area contributed by atoms with Gasteiger partial charge in [-0.25, -0.2) is 4.98 Å². The molecule has 0 radical (unpaired) electrons. The second-order valence-electron chi connectivity index (χ2n) is 4.97. The Morgan fingerprint density at radius 2 is 1.39 bits per heavy atom. The van der Waals surface area contributed by atoms with Crippen LogP contribution in [0.2, 0.25) is 0 Å². The van der Waals surface area contributed by atoms with E-state index in [0.29, 0.717) is 0 Å². The van der Waals surface area contributed by atoms with Crippen molar-refractivity contribution in [1.29, 1.82) is 0 Å². The average molecular weight is 436 g/mol. The van der Waals surface area contributed by atoms with Gasteiger partial charge in [-0.2, -0.15) is 0 Å². The van der Waals surface area contributed by atoms with Gasteiger partial charge in [0.2, 0.25) is 0 Å². The molecule has 3 rings (SSSR count). The molecule has 0 amide bonds. The molecule has 0 aliphatic rings. The summed E-state index contributed by atoms with van der Waals surface area (Å²) >= 11 is 0. The number of hydrogen-bond acceptors (Lipinski definition) is 8. The number of fused-ring (bicyclic) bond motifs is 1. The van der Waals surface area contributed by atoms with E-state index in [2.05, 4.69) is 41.2 Å². The fourth-order valence-electron chi connectivity index (χ4n) is 1.93. The molecule has 1 aromatic heterocycles. The minimum atomic E-state index is -1.75. The van der Waals surface area contributed by atoms with E-state index >= 15 is 0 Å². The molecule has 10 nitrogen and oxygen atoms in total. The van der Waals surface area contributed by atoms with Crippen molar-refractivity contribution in [1.82, 2.24) is 4.98 Å². The van der Waals surface area contributed by atoms with Crippen LogP contribution in [0.3, 0.4) is 0 Å². The second-order valence-corrected chi connectivity index (χ2v) is 4.97. The van der Waals surface area contributed by atoms with Gasteiger partial charge < -0.3 is 30.6 Å². The Morgan fingerprint density at radius 1 is 0.857 bits per heavy atom. The number of aryl methyl sites for hydroxylation is 1. The van der Waals surface area contributed by atoms with Crippen LogP contribution in [0.5, 0.6) is 0 Å². The Balaban J connectivity index is 0.000000697. The molecule has 28 heavy (non-hydrogen) atoms. The molecule has 140 valence electrons. The van der Waals surface area contributed by atoms with Crippen LogP contribution < -0.4 is 0 Å². The van der Waals surface area contributed by atoms with Gasteiger partial charge in [0.05, 0.1) is 33.3 Å². The summed E-state index contributed by atoms with van der Waals surface area (Å²) in [5, 5.41) is 30.6. The zero-order chi connectivity index (χ0) is 20.2. The number of para-hydroxylation sites is 1. The minimum Gasteiger partial charge on any atom is -0.356 e. The molecule has 0 aliphatic carbocycles. The van der Waals surface area contributed by atoms with Crippen molar-refractivity contribution in [2.45, 2.75) is 6.92 Å². The third-order valence-electron chi connectivity index (χ3n) is 3.00. The van der Waals surface area contributed by atoms with Crippen molar-refractivity contribution in [3.63, 3.8) is 0 Å². The van der Waals surface area contributed by atoms with Crippen LogP contribution in [-0.2, 0) is 19.5 Å². The first-order valence-corrected chi connectivity index (χ1v) is 7.37. The number of rotatable bonds is 2. The predicted octanol–water partition coefficient (Wildman–Crippen LogP) is 3.81. The molecule has 0 aliphatic heterocycles. The van der Waals surface area contributed by atoms with Gasteiger partial charge in [0, 0.05) is 5.39 Å². The van der Waals surface area contributed by atoms with E-state index in [1.54, 1.807) is 6.21 Å². The SMILES string of the molecule is Cc1ccc(N=Cc2ccc3ccccc3n2)cc1.O=[N+]([O-])[O-].O=[N+]([O-])[O-].[Zn+2]. The van der Waals surface area contributed by atoms with Gasteiger partial charge in [-0.15, -0.1) is 0 Å². The molecule has 0 bridgehead atoms. The molecule has 2 aromatic carbocycles. The van der Waals surface area contributed by atoms with Crippen molar-refractivity contribution >= 4 is 22.8 Å². The first-order valence-electron chi connectivity index (χ1n) is 7.37. The molecule has 0 fully saturated rings. The summed E-state index contributed by atoms with van der Waals surface area (Å²) in [6, 6.07) is 20.3. The molecule has 11 heteroatoms. The summed E-state index contributed by atoms with van der Waals surface area (Å²) < 4.78 is 0. The van der Waals surface area contributed by atoms with Gasteiger partial charge in [-0.05, 0) is 31.2 Å². The average Bonchev–Trinajstić information content (AvgIpc) is 2.60. The molecule has 0 atom stereocenters. The third-order valence-corrected chi connectivity index (χ3v) is 3.00. The number of hydrogen-bond donors (Lipinski definition) is 0. The van der Waals surface area contributed by atoms with E-state index in [4.69, 9.17) is 30.6 Å². The number of aromatic nitrogens is 1. The molecule has 0 spiro atoms. The molecular weight excluding hydrogens is 422 g/mol. The summed E-state index contributed by atoms with van der Waals surface area (Å²) in [7, 11) is 0. The molecule has 1 heterocycles. The largest absolute Gasteiger partial charge is 2.00 e.